The predicted molar refractivity (Wildman–Crippen MR) is 86.3 cm³/mol. The van der Waals surface area contributed by atoms with Gasteiger partial charge in [0.25, 0.3) is 0 Å². The van der Waals surface area contributed by atoms with Crippen LogP contribution < -0.4 is 5.32 Å². The molecule has 4 atom stereocenters. The summed E-state index contributed by atoms with van der Waals surface area (Å²) in [5.41, 5.74) is 1.92. The van der Waals surface area contributed by atoms with Gasteiger partial charge in [-0.3, -0.25) is 0 Å². The molecule has 2 aliphatic rings. The van der Waals surface area contributed by atoms with Crippen LogP contribution in [0.1, 0.15) is 51.0 Å². The average Bonchev–Trinajstić information content (AvgIpc) is 2.44. The van der Waals surface area contributed by atoms with Gasteiger partial charge < -0.3 is 5.32 Å². The van der Waals surface area contributed by atoms with E-state index in [4.69, 9.17) is 11.6 Å². The van der Waals surface area contributed by atoms with Crippen molar-refractivity contribution in [1.82, 2.24) is 5.32 Å². The summed E-state index contributed by atoms with van der Waals surface area (Å²) >= 11 is 6.24. The molecule has 1 aliphatic heterocycles. The molecule has 2 fully saturated rings. The molecule has 110 valence electrons. The van der Waals surface area contributed by atoms with Crippen molar-refractivity contribution >= 4 is 11.6 Å². The van der Waals surface area contributed by atoms with Crippen LogP contribution in [0.4, 0.5) is 0 Å². The highest BCUT2D eigenvalue weighted by atomic mass is 35.5. The van der Waals surface area contributed by atoms with E-state index in [9.17, 15) is 0 Å². The normalized spacial score (nSPS) is 38.0. The summed E-state index contributed by atoms with van der Waals surface area (Å²) in [6.07, 6.45) is 5.49. The van der Waals surface area contributed by atoms with Crippen molar-refractivity contribution in [2.24, 2.45) is 17.3 Å². The van der Waals surface area contributed by atoms with Crippen molar-refractivity contribution in [1.29, 1.82) is 0 Å². The van der Waals surface area contributed by atoms with Gasteiger partial charge in [-0.25, -0.2) is 0 Å². The van der Waals surface area contributed by atoms with Crippen molar-refractivity contribution in [2.75, 3.05) is 13.1 Å². The second-order valence-corrected chi connectivity index (χ2v) is 7.52. The molecule has 0 bridgehead atoms. The summed E-state index contributed by atoms with van der Waals surface area (Å²) in [4.78, 5) is 0. The second kappa shape index (κ2) is 5.69. The molecular weight excluding hydrogens is 266 g/mol. The van der Waals surface area contributed by atoms with Gasteiger partial charge >= 0.3 is 0 Å². The maximum absolute atomic E-state index is 6.24. The molecule has 1 saturated heterocycles. The lowest BCUT2D eigenvalue weighted by atomic mass is 9.54. The van der Waals surface area contributed by atoms with Crippen LogP contribution in [0.15, 0.2) is 24.3 Å². The zero-order valence-electron chi connectivity index (χ0n) is 12.7. The van der Waals surface area contributed by atoms with Crippen molar-refractivity contribution in [3.05, 3.63) is 34.9 Å². The third-order valence-corrected chi connectivity index (χ3v) is 6.10. The molecule has 20 heavy (non-hydrogen) atoms. The van der Waals surface area contributed by atoms with Gasteiger partial charge in [0, 0.05) is 17.5 Å². The minimum absolute atomic E-state index is 0.480. The predicted octanol–water partition coefficient (Wildman–Crippen LogP) is 4.86. The lowest BCUT2D eigenvalue weighted by Gasteiger charge is -2.53. The van der Waals surface area contributed by atoms with E-state index in [1.165, 1.54) is 37.8 Å². The van der Waals surface area contributed by atoms with E-state index in [2.05, 4.69) is 37.4 Å². The highest BCUT2D eigenvalue weighted by Gasteiger charge is 2.47. The molecule has 0 amide bonds. The van der Waals surface area contributed by atoms with Crippen LogP contribution in [0.5, 0.6) is 0 Å². The van der Waals surface area contributed by atoms with Gasteiger partial charge in [-0.1, -0.05) is 44.0 Å². The SMILES string of the molecule is CC1CCC(C)C2(CCNCC2c2cccc(Cl)c2)C1. The van der Waals surface area contributed by atoms with E-state index >= 15 is 0 Å². The van der Waals surface area contributed by atoms with Gasteiger partial charge in [0.1, 0.15) is 0 Å². The first kappa shape index (κ1) is 14.4. The standard InChI is InChI=1S/C18H26ClN/c1-13-6-7-14(2)18(11-13)8-9-20-12-17(18)15-4-3-5-16(19)10-15/h3-5,10,13-14,17,20H,6-9,11-12H2,1-2H3. The number of piperidine rings is 1. The maximum Gasteiger partial charge on any atom is 0.0408 e. The molecule has 1 saturated carbocycles. The Hall–Kier alpha value is -0.530. The fourth-order valence-electron chi connectivity index (χ4n) is 4.73. The monoisotopic (exact) mass is 291 g/mol. The Kier molecular flexibility index (Phi) is 4.10. The number of nitrogens with one attached hydrogen (secondary N) is 1. The Balaban J connectivity index is 1.98. The van der Waals surface area contributed by atoms with Crippen LogP contribution in [-0.2, 0) is 0 Å². The van der Waals surface area contributed by atoms with Gasteiger partial charge in [-0.2, -0.15) is 0 Å². The van der Waals surface area contributed by atoms with Gasteiger partial charge in [0.15, 0.2) is 0 Å². The van der Waals surface area contributed by atoms with Crippen LogP contribution in [0, 0.1) is 17.3 Å². The molecule has 1 spiro atoms. The Bertz CT molecular complexity index is 472. The van der Waals surface area contributed by atoms with E-state index in [1.54, 1.807) is 0 Å². The van der Waals surface area contributed by atoms with Gasteiger partial charge in [0.05, 0.1) is 0 Å². The maximum atomic E-state index is 6.24. The van der Waals surface area contributed by atoms with Gasteiger partial charge in [-0.15, -0.1) is 0 Å². The molecular formula is C18H26ClN. The largest absolute Gasteiger partial charge is 0.316 e. The van der Waals surface area contributed by atoms with Crippen LogP contribution in [-0.4, -0.2) is 13.1 Å². The lowest BCUT2D eigenvalue weighted by molar-refractivity contribution is 0.0185. The zero-order chi connectivity index (χ0) is 14.2. The summed E-state index contributed by atoms with van der Waals surface area (Å²) in [5, 5.41) is 4.49. The van der Waals surface area contributed by atoms with Crippen molar-refractivity contribution in [2.45, 2.75) is 45.4 Å². The third kappa shape index (κ3) is 2.51. The van der Waals surface area contributed by atoms with Crippen LogP contribution in [0.2, 0.25) is 5.02 Å². The number of halogens is 1. The molecule has 1 aromatic rings. The zero-order valence-corrected chi connectivity index (χ0v) is 13.4. The van der Waals surface area contributed by atoms with E-state index in [0.29, 0.717) is 11.3 Å². The van der Waals surface area contributed by atoms with Gasteiger partial charge in [0.2, 0.25) is 0 Å². The topological polar surface area (TPSA) is 12.0 Å². The number of rotatable bonds is 1. The van der Waals surface area contributed by atoms with Crippen LogP contribution in [0.25, 0.3) is 0 Å². The van der Waals surface area contributed by atoms with Crippen molar-refractivity contribution in [3.63, 3.8) is 0 Å². The van der Waals surface area contributed by atoms with Gasteiger partial charge in [-0.05, 0) is 60.8 Å². The summed E-state index contributed by atoms with van der Waals surface area (Å²) in [6, 6.07) is 8.56. The Morgan fingerprint density at radius 2 is 2.10 bits per heavy atom. The molecule has 1 heterocycles. The molecule has 1 aliphatic carbocycles. The molecule has 0 aromatic heterocycles. The summed E-state index contributed by atoms with van der Waals surface area (Å²) in [7, 11) is 0. The molecule has 0 radical (unpaired) electrons. The van der Waals surface area contributed by atoms with Crippen LogP contribution in [0.3, 0.4) is 0 Å². The molecule has 1 aromatic carbocycles. The minimum Gasteiger partial charge on any atom is -0.316 e. The molecule has 2 heteroatoms. The average molecular weight is 292 g/mol. The molecule has 4 unspecified atom stereocenters. The lowest BCUT2D eigenvalue weighted by Crippen LogP contribution is -2.49. The summed E-state index contributed by atoms with van der Waals surface area (Å²) in [6.45, 7) is 7.20. The van der Waals surface area contributed by atoms with E-state index in [1.807, 2.05) is 6.07 Å². The molecule has 1 N–H and O–H groups in total. The van der Waals surface area contributed by atoms with E-state index in [-0.39, 0.29) is 0 Å². The smallest absolute Gasteiger partial charge is 0.0408 e. The summed E-state index contributed by atoms with van der Waals surface area (Å²) < 4.78 is 0. The van der Waals surface area contributed by atoms with Crippen molar-refractivity contribution < 1.29 is 0 Å². The van der Waals surface area contributed by atoms with E-state index < -0.39 is 0 Å². The Labute approximate surface area is 128 Å². The molecule has 1 nitrogen and oxygen atoms in total. The van der Waals surface area contributed by atoms with E-state index in [0.717, 1.165) is 23.4 Å². The molecule has 3 rings (SSSR count). The fraction of sp³-hybridized carbons (Fsp3) is 0.667. The first-order valence-electron chi connectivity index (χ1n) is 8.08. The summed E-state index contributed by atoms with van der Waals surface area (Å²) in [5.74, 6) is 2.31. The number of hydrogen-bond donors (Lipinski definition) is 1. The van der Waals surface area contributed by atoms with Crippen molar-refractivity contribution in [3.8, 4) is 0 Å². The van der Waals surface area contributed by atoms with Crippen LogP contribution >= 0.6 is 11.6 Å². The minimum atomic E-state index is 0.480. The quantitative estimate of drug-likeness (QED) is 0.779. The first-order chi connectivity index (χ1) is 9.62. The Morgan fingerprint density at radius 3 is 2.90 bits per heavy atom. The number of benzene rings is 1. The Morgan fingerprint density at radius 1 is 1.25 bits per heavy atom. The third-order valence-electron chi connectivity index (χ3n) is 5.86. The highest BCUT2D eigenvalue weighted by Crippen LogP contribution is 2.55. The second-order valence-electron chi connectivity index (χ2n) is 7.08. The number of hydrogen-bond acceptors (Lipinski definition) is 1. The fourth-order valence-corrected chi connectivity index (χ4v) is 4.93. The highest BCUT2D eigenvalue weighted by molar-refractivity contribution is 6.30. The first-order valence-corrected chi connectivity index (χ1v) is 8.46.